The highest BCUT2D eigenvalue weighted by molar-refractivity contribution is 6.03. The fraction of sp³-hybridized carbons (Fsp3) is 0.400. The van der Waals surface area contributed by atoms with Crippen molar-refractivity contribution < 1.29 is 4.79 Å². The Morgan fingerprint density at radius 1 is 1.25 bits per heavy atom. The van der Waals surface area contributed by atoms with Crippen LogP contribution in [0.5, 0.6) is 0 Å². The van der Waals surface area contributed by atoms with Crippen LogP contribution in [0.15, 0.2) is 24.3 Å². The third-order valence-electron chi connectivity index (χ3n) is 3.12. The van der Waals surface area contributed by atoms with Crippen LogP contribution in [0.3, 0.4) is 0 Å². The van der Waals surface area contributed by atoms with Crippen LogP contribution in [0.2, 0.25) is 0 Å². The number of rotatable bonds is 5. The predicted molar refractivity (Wildman–Crippen MR) is 78.9 cm³/mol. The molecule has 0 atom stereocenters. The summed E-state index contributed by atoms with van der Waals surface area (Å²) in [5.74, 6) is 0.821. The molecule has 106 valence electrons. The number of nitrogens with zero attached hydrogens (tertiary/aromatic N) is 3. The molecular weight excluding hydrogens is 252 g/mol. The van der Waals surface area contributed by atoms with E-state index in [1.807, 2.05) is 38.1 Å². The van der Waals surface area contributed by atoms with Crippen LogP contribution in [0.4, 0.5) is 5.69 Å². The third kappa shape index (κ3) is 3.04. The van der Waals surface area contributed by atoms with Crippen molar-refractivity contribution in [1.82, 2.24) is 15.2 Å². The SMILES string of the molecule is CCCc1nc(C(=O)N(CC)c2ccc(C)cc2)n[nH]1. The highest BCUT2D eigenvalue weighted by Crippen LogP contribution is 2.16. The van der Waals surface area contributed by atoms with Gasteiger partial charge in [-0.05, 0) is 32.4 Å². The molecule has 0 aliphatic rings. The zero-order valence-corrected chi connectivity index (χ0v) is 12.2. The number of anilines is 1. The Labute approximate surface area is 119 Å². The van der Waals surface area contributed by atoms with Gasteiger partial charge in [0.15, 0.2) is 0 Å². The van der Waals surface area contributed by atoms with E-state index < -0.39 is 0 Å². The second kappa shape index (κ2) is 6.32. The number of amides is 1. The van der Waals surface area contributed by atoms with Crippen LogP contribution < -0.4 is 4.90 Å². The summed E-state index contributed by atoms with van der Waals surface area (Å²) in [6.45, 7) is 6.61. The fourth-order valence-electron chi connectivity index (χ4n) is 2.03. The van der Waals surface area contributed by atoms with Gasteiger partial charge in [0.05, 0.1) is 0 Å². The maximum atomic E-state index is 12.5. The molecule has 2 rings (SSSR count). The molecule has 1 N–H and O–H groups in total. The lowest BCUT2D eigenvalue weighted by Crippen LogP contribution is -2.31. The number of benzene rings is 1. The number of aryl methyl sites for hydroxylation is 2. The molecule has 1 aromatic carbocycles. The molecule has 20 heavy (non-hydrogen) atoms. The zero-order chi connectivity index (χ0) is 14.5. The van der Waals surface area contributed by atoms with Crippen LogP contribution in [0.1, 0.15) is 42.3 Å². The molecule has 0 spiro atoms. The maximum Gasteiger partial charge on any atom is 0.297 e. The van der Waals surface area contributed by atoms with Crippen molar-refractivity contribution in [2.75, 3.05) is 11.4 Å². The van der Waals surface area contributed by atoms with Crippen molar-refractivity contribution in [3.63, 3.8) is 0 Å². The number of carbonyl (C=O) groups excluding carboxylic acids is 1. The molecule has 1 heterocycles. The van der Waals surface area contributed by atoms with Gasteiger partial charge < -0.3 is 4.90 Å². The largest absolute Gasteiger partial charge is 0.306 e. The summed E-state index contributed by atoms with van der Waals surface area (Å²) < 4.78 is 0. The van der Waals surface area contributed by atoms with Gasteiger partial charge in [0, 0.05) is 18.7 Å². The normalized spacial score (nSPS) is 10.6. The standard InChI is InChI=1S/C15H20N4O/c1-4-6-13-16-14(18-17-13)15(20)19(5-2)12-9-7-11(3)8-10-12/h7-10H,4-6H2,1-3H3,(H,16,17,18). The van der Waals surface area contributed by atoms with Crippen LogP contribution in [-0.4, -0.2) is 27.6 Å². The second-order valence-corrected chi connectivity index (χ2v) is 4.74. The van der Waals surface area contributed by atoms with Crippen LogP contribution in [0, 0.1) is 6.92 Å². The highest BCUT2D eigenvalue weighted by Gasteiger charge is 2.20. The number of nitrogens with one attached hydrogen (secondary N) is 1. The molecule has 5 heteroatoms. The van der Waals surface area contributed by atoms with Crippen LogP contribution in [-0.2, 0) is 6.42 Å². The Hall–Kier alpha value is -2.17. The summed E-state index contributed by atoms with van der Waals surface area (Å²) in [6.07, 6.45) is 1.77. The van der Waals surface area contributed by atoms with Crippen LogP contribution in [0.25, 0.3) is 0 Å². The first kappa shape index (κ1) is 14.2. The van der Waals surface area contributed by atoms with Gasteiger partial charge in [0.2, 0.25) is 5.82 Å². The molecule has 0 saturated heterocycles. The van der Waals surface area contributed by atoms with Gasteiger partial charge in [0.25, 0.3) is 5.91 Å². The number of carbonyl (C=O) groups is 1. The van der Waals surface area contributed by atoms with E-state index in [2.05, 4.69) is 22.1 Å². The van der Waals surface area contributed by atoms with Crippen molar-refractivity contribution in [2.45, 2.75) is 33.6 Å². The molecule has 0 aliphatic carbocycles. The molecule has 0 radical (unpaired) electrons. The average Bonchev–Trinajstić information content (AvgIpc) is 2.90. The molecule has 1 aromatic heterocycles. The summed E-state index contributed by atoms with van der Waals surface area (Å²) >= 11 is 0. The minimum absolute atomic E-state index is 0.171. The molecular formula is C15H20N4O. The van der Waals surface area contributed by atoms with E-state index in [1.54, 1.807) is 4.90 Å². The topological polar surface area (TPSA) is 61.9 Å². The van der Waals surface area contributed by atoms with E-state index in [1.165, 1.54) is 5.56 Å². The second-order valence-electron chi connectivity index (χ2n) is 4.74. The summed E-state index contributed by atoms with van der Waals surface area (Å²) in [6, 6.07) is 7.87. The fourth-order valence-corrected chi connectivity index (χ4v) is 2.03. The summed E-state index contributed by atoms with van der Waals surface area (Å²) in [7, 11) is 0. The minimum Gasteiger partial charge on any atom is -0.306 e. The van der Waals surface area contributed by atoms with Gasteiger partial charge in [-0.1, -0.05) is 24.6 Å². The summed E-state index contributed by atoms with van der Waals surface area (Å²) in [4.78, 5) is 18.4. The van der Waals surface area contributed by atoms with Crippen molar-refractivity contribution in [3.8, 4) is 0 Å². The predicted octanol–water partition coefficient (Wildman–Crippen LogP) is 2.73. The molecule has 0 unspecified atom stereocenters. The number of hydrogen-bond donors (Lipinski definition) is 1. The molecule has 0 saturated carbocycles. The van der Waals surface area contributed by atoms with E-state index in [0.717, 1.165) is 24.4 Å². The van der Waals surface area contributed by atoms with E-state index in [4.69, 9.17) is 0 Å². The van der Waals surface area contributed by atoms with Gasteiger partial charge in [-0.25, -0.2) is 4.98 Å². The quantitative estimate of drug-likeness (QED) is 0.910. The Kier molecular flexibility index (Phi) is 4.50. The smallest absolute Gasteiger partial charge is 0.297 e. The highest BCUT2D eigenvalue weighted by atomic mass is 16.2. The zero-order valence-electron chi connectivity index (χ0n) is 12.2. The Morgan fingerprint density at radius 2 is 1.95 bits per heavy atom. The molecule has 1 amide bonds. The lowest BCUT2D eigenvalue weighted by atomic mass is 10.2. The average molecular weight is 272 g/mol. The first-order valence-electron chi connectivity index (χ1n) is 6.95. The molecule has 2 aromatic rings. The van der Waals surface area contributed by atoms with Gasteiger partial charge in [0.1, 0.15) is 5.82 Å². The van der Waals surface area contributed by atoms with E-state index >= 15 is 0 Å². The first-order valence-corrected chi connectivity index (χ1v) is 6.95. The van der Waals surface area contributed by atoms with E-state index in [0.29, 0.717) is 6.54 Å². The van der Waals surface area contributed by atoms with Crippen molar-refractivity contribution >= 4 is 11.6 Å². The Balaban J connectivity index is 2.21. The van der Waals surface area contributed by atoms with Gasteiger partial charge in [-0.15, -0.1) is 5.10 Å². The van der Waals surface area contributed by atoms with E-state index in [-0.39, 0.29) is 11.7 Å². The van der Waals surface area contributed by atoms with Crippen molar-refractivity contribution in [3.05, 3.63) is 41.5 Å². The van der Waals surface area contributed by atoms with Crippen molar-refractivity contribution in [2.24, 2.45) is 0 Å². The molecule has 0 aliphatic heterocycles. The van der Waals surface area contributed by atoms with Crippen LogP contribution >= 0.6 is 0 Å². The molecule has 5 nitrogen and oxygen atoms in total. The summed E-state index contributed by atoms with van der Waals surface area (Å²) in [5.41, 5.74) is 2.03. The first-order chi connectivity index (χ1) is 9.65. The minimum atomic E-state index is -0.171. The maximum absolute atomic E-state index is 12.5. The lowest BCUT2D eigenvalue weighted by Gasteiger charge is -2.19. The van der Waals surface area contributed by atoms with Crippen molar-refractivity contribution in [1.29, 1.82) is 0 Å². The van der Waals surface area contributed by atoms with Gasteiger partial charge in [-0.3, -0.25) is 9.89 Å². The van der Waals surface area contributed by atoms with Gasteiger partial charge in [-0.2, -0.15) is 0 Å². The lowest BCUT2D eigenvalue weighted by molar-refractivity contribution is 0.0978. The number of aromatic nitrogens is 3. The third-order valence-corrected chi connectivity index (χ3v) is 3.12. The summed E-state index contributed by atoms with van der Waals surface area (Å²) in [5, 5.41) is 6.84. The number of hydrogen-bond acceptors (Lipinski definition) is 3. The molecule has 0 fully saturated rings. The molecule has 0 bridgehead atoms. The number of aromatic amines is 1. The Morgan fingerprint density at radius 3 is 2.55 bits per heavy atom. The Bertz CT molecular complexity index is 574. The van der Waals surface area contributed by atoms with Gasteiger partial charge >= 0.3 is 0 Å². The number of H-pyrrole nitrogens is 1. The van der Waals surface area contributed by atoms with E-state index in [9.17, 15) is 4.79 Å². The monoisotopic (exact) mass is 272 g/mol.